The number of rotatable bonds is 3. The molecular formula is C12H9Cl2IN4O. The summed E-state index contributed by atoms with van der Waals surface area (Å²) < 4.78 is 0.979. The van der Waals surface area contributed by atoms with Gasteiger partial charge in [-0.3, -0.25) is 4.79 Å². The van der Waals surface area contributed by atoms with E-state index in [2.05, 4.69) is 38.3 Å². The summed E-state index contributed by atoms with van der Waals surface area (Å²) in [5.74, 6) is 5.21. The van der Waals surface area contributed by atoms with Gasteiger partial charge in [-0.1, -0.05) is 23.2 Å². The van der Waals surface area contributed by atoms with Crippen LogP contribution in [0.5, 0.6) is 0 Å². The van der Waals surface area contributed by atoms with E-state index in [1.165, 1.54) is 12.1 Å². The zero-order valence-corrected chi connectivity index (χ0v) is 13.6. The maximum atomic E-state index is 12.1. The van der Waals surface area contributed by atoms with E-state index >= 15 is 0 Å². The Kier molecular flexibility index (Phi) is 5.03. The first-order valence-corrected chi connectivity index (χ1v) is 7.23. The molecule has 4 N–H and O–H groups in total. The number of nitrogens with zero attached hydrogens (tertiary/aromatic N) is 1. The van der Waals surface area contributed by atoms with E-state index < -0.39 is 0 Å². The molecule has 0 unspecified atom stereocenters. The molecule has 20 heavy (non-hydrogen) atoms. The number of hydrazine groups is 1. The Balaban J connectivity index is 2.26. The first-order valence-electron chi connectivity index (χ1n) is 5.40. The van der Waals surface area contributed by atoms with Crippen LogP contribution in [0.15, 0.2) is 30.3 Å². The summed E-state index contributed by atoms with van der Waals surface area (Å²) in [6.45, 7) is 0. The summed E-state index contributed by atoms with van der Waals surface area (Å²) in [6, 6.07) is 8.26. The zero-order chi connectivity index (χ0) is 14.7. The molecule has 0 fully saturated rings. The summed E-state index contributed by atoms with van der Waals surface area (Å²) in [7, 11) is 0. The SMILES string of the molecule is NNc1cc(C(=O)Nc2ccc(I)cc2Cl)cc(Cl)n1. The first kappa shape index (κ1) is 15.3. The number of pyridine rings is 1. The van der Waals surface area contributed by atoms with Crippen molar-refractivity contribution in [1.82, 2.24) is 4.98 Å². The number of halogens is 3. The van der Waals surface area contributed by atoms with E-state index in [0.717, 1.165) is 3.57 Å². The smallest absolute Gasteiger partial charge is 0.255 e. The Morgan fingerprint density at radius 2 is 2.00 bits per heavy atom. The molecule has 5 nitrogen and oxygen atoms in total. The quantitative estimate of drug-likeness (QED) is 0.306. The van der Waals surface area contributed by atoms with Crippen molar-refractivity contribution in [3.63, 3.8) is 0 Å². The minimum atomic E-state index is -0.353. The van der Waals surface area contributed by atoms with Crippen LogP contribution in [0.3, 0.4) is 0 Å². The summed E-state index contributed by atoms with van der Waals surface area (Å²) in [4.78, 5) is 16.0. The van der Waals surface area contributed by atoms with Crippen molar-refractivity contribution < 1.29 is 4.79 Å². The highest BCUT2D eigenvalue weighted by Crippen LogP contribution is 2.25. The number of hydrogen-bond donors (Lipinski definition) is 3. The normalized spacial score (nSPS) is 10.2. The van der Waals surface area contributed by atoms with Crippen molar-refractivity contribution in [1.29, 1.82) is 0 Å². The number of nitrogens with two attached hydrogens (primary N) is 1. The lowest BCUT2D eigenvalue weighted by Gasteiger charge is -2.09. The van der Waals surface area contributed by atoms with Crippen LogP contribution in [0.1, 0.15) is 10.4 Å². The molecule has 0 aliphatic rings. The van der Waals surface area contributed by atoms with E-state index in [-0.39, 0.29) is 11.1 Å². The average Bonchev–Trinajstić information content (AvgIpc) is 2.41. The molecule has 1 heterocycles. The van der Waals surface area contributed by atoms with Gasteiger partial charge in [0, 0.05) is 9.13 Å². The summed E-state index contributed by atoms with van der Waals surface area (Å²) in [6.07, 6.45) is 0. The van der Waals surface area contributed by atoms with Crippen molar-refractivity contribution >= 4 is 63.2 Å². The van der Waals surface area contributed by atoms with E-state index in [1.54, 1.807) is 12.1 Å². The van der Waals surface area contributed by atoms with Gasteiger partial charge in [-0.05, 0) is 52.9 Å². The first-order chi connectivity index (χ1) is 9.49. The molecule has 2 rings (SSSR count). The van der Waals surface area contributed by atoms with Crippen LogP contribution in [0.2, 0.25) is 10.2 Å². The molecule has 0 radical (unpaired) electrons. The number of carbonyl (C=O) groups excluding carboxylic acids is 1. The van der Waals surface area contributed by atoms with Crippen molar-refractivity contribution in [2.75, 3.05) is 10.7 Å². The van der Waals surface area contributed by atoms with Crippen molar-refractivity contribution in [3.8, 4) is 0 Å². The lowest BCUT2D eigenvalue weighted by molar-refractivity contribution is 0.102. The Hall–Kier alpha value is -1.09. The number of aromatic nitrogens is 1. The van der Waals surface area contributed by atoms with Gasteiger partial charge in [0.25, 0.3) is 5.91 Å². The van der Waals surface area contributed by atoms with E-state index in [9.17, 15) is 4.79 Å². The molecule has 2 aromatic rings. The van der Waals surface area contributed by atoms with Crippen molar-refractivity contribution in [2.24, 2.45) is 5.84 Å². The topological polar surface area (TPSA) is 80.0 Å². The fraction of sp³-hybridized carbons (Fsp3) is 0. The predicted molar refractivity (Wildman–Crippen MR) is 89.2 cm³/mol. The maximum Gasteiger partial charge on any atom is 0.255 e. The average molecular weight is 423 g/mol. The Morgan fingerprint density at radius 1 is 1.25 bits per heavy atom. The molecule has 0 aliphatic carbocycles. The Morgan fingerprint density at radius 3 is 2.65 bits per heavy atom. The van der Waals surface area contributed by atoms with Crippen LogP contribution in [-0.2, 0) is 0 Å². The summed E-state index contributed by atoms with van der Waals surface area (Å²) in [5.41, 5.74) is 3.19. The number of nitrogen functional groups attached to an aromatic ring is 1. The fourth-order valence-electron chi connectivity index (χ4n) is 1.49. The molecule has 0 spiro atoms. The molecule has 0 bridgehead atoms. The van der Waals surface area contributed by atoms with Gasteiger partial charge < -0.3 is 10.7 Å². The van der Waals surface area contributed by atoms with Gasteiger partial charge in [-0.25, -0.2) is 10.8 Å². The Bertz CT molecular complexity index is 666. The number of amides is 1. The maximum absolute atomic E-state index is 12.1. The number of benzene rings is 1. The standard InChI is InChI=1S/C12H9Cl2IN4O/c13-8-5-7(15)1-2-9(8)17-12(20)6-3-10(14)18-11(4-6)19-16/h1-5H,16H2,(H,17,20)(H,18,19). The Labute approximate surface area is 139 Å². The second-order valence-electron chi connectivity index (χ2n) is 3.79. The highest BCUT2D eigenvalue weighted by Gasteiger charge is 2.11. The van der Waals surface area contributed by atoms with Gasteiger partial charge in [0.2, 0.25) is 0 Å². The number of anilines is 2. The molecule has 0 saturated heterocycles. The van der Waals surface area contributed by atoms with E-state index in [1.807, 2.05) is 6.07 Å². The second-order valence-corrected chi connectivity index (χ2v) is 5.83. The molecule has 104 valence electrons. The van der Waals surface area contributed by atoms with Gasteiger partial charge in [0.1, 0.15) is 11.0 Å². The minimum Gasteiger partial charge on any atom is -0.321 e. The molecule has 1 aromatic heterocycles. The summed E-state index contributed by atoms with van der Waals surface area (Å²) in [5, 5.41) is 3.33. The third-order valence-corrected chi connectivity index (χ3v) is 3.56. The molecule has 1 amide bonds. The van der Waals surface area contributed by atoms with E-state index in [0.29, 0.717) is 22.1 Å². The van der Waals surface area contributed by atoms with Crippen LogP contribution in [-0.4, -0.2) is 10.9 Å². The van der Waals surface area contributed by atoms with Crippen LogP contribution < -0.4 is 16.6 Å². The van der Waals surface area contributed by atoms with Crippen LogP contribution in [0.25, 0.3) is 0 Å². The molecule has 0 saturated carbocycles. The van der Waals surface area contributed by atoms with Crippen LogP contribution in [0.4, 0.5) is 11.5 Å². The minimum absolute atomic E-state index is 0.166. The van der Waals surface area contributed by atoms with Gasteiger partial charge in [-0.2, -0.15) is 0 Å². The van der Waals surface area contributed by atoms with Gasteiger partial charge in [0.15, 0.2) is 0 Å². The zero-order valence-electron chi connectivity index (χ0n) is 9.95. The van der Waals surface area contributed by atoms with E-state index in [4.69, 9.17) is 29.0 Å². The molecule has 1 aromatic carbocycles. The molecule has 8 heteroatoms. The van der Waals surface area contributed by atoms with Crippen LogP contribution >= 0.6 is 45.8 Å². The predicted octanol–water partition coefficient (Wildman–Crippen LogP) is 3.53. The number of carbonyl (C=O) groups is 1. The van der Waals surface area contributed by atoms with Gasteiger partial charge >= 0.3 is 0 Å². The molecular weight excluding hydrogens is 414 g/mol. The highest BCUT2D eigenvalue weighted by atomic mass is 127. The van der Waals surface area contributed by atoms with Gasteiger partial charge in [-0.15, -0.1) is 0 Å². The largest absolute Gasteiger partial charge is 0.321 e. The van der Waals surface area contributed by atoms with Crippen molar-refractivity contribution in [2.45, 2.75) is 0 Å². The van der Waals surface area contributed by atoms with Gasteiger partial charge in [0.05, 0.1) is 10.7 Å². The lowest BCUT2D eigenvalue weighted by atomic mass is 10.2. The van der Waals surface area contributed by atoms with Crippen molar-refractivity contribution in [3.05, 3.63) is 49.6 Å². The molecule has 0 aliphatic heterocycles. The van der Waals surface area contributed by atoms with Crippen LogP contribution in [0, 0.1) is 3.57 Å². The number of nitrogens with one attached hydrogen (secondary N) is 2. The second kappa shape index (κ2) is 6.57. The summed E-state index contributed by atoms with van der Waals surface area (Å²) >= 11 is 14.0. The number of hydrogen-bond acceptors (Lipinski definition) is 4. The lowest BCUT2D eigenvalue weighted by Crippen LogP contribution is -2.15. The third kappa shape index (κ3) is 3.72. The third-order valence-electron chi connectivity index (χ3n) is 2.38. The fourth-order valence-corrected chi connectivity index (χ4v) is 2.60. The monoisotopic (exact) mass is 422 g/mol. The highest BCUT2D eigenvalue weighted by molar-refractivity contribution is 14.1. The molecule has 0 atom stereocenters.